The first-order valence-electron chi connectivity index (χ1n) is 6.80. The fourth-order valence-corrected chi connectivity index (χ4v) is 9.37. The van der Waals surface area contributed by atoms with E-state index in [1.165, 1.54) is 12.1 Å². The minimum atomic E-state index is -1.32. The van der Waals surface area contributed by atoms with Crippen LogP contribution in [0.15, 0.2) is 20.0 Å². The fraction of sp³-hybridized carbons (Fsp3) is 0.692. The van der Waals surface area contributed by atoms with Gasteiger partial charge in [-0.3, -0.25) is 0 Å². The van der Waals surface area contributed by atoms with Crippen molar-refractivity contribution in [3.63, 3.8) is 0 Å². The van der Waals surface area contributed by atoms with Crippen molar-refractivity contribution in [2.45, 2.75) is 45.6 Å². The van der Waals surface area contributed by atoms with Crippen molar-refractivity contribution >= 4 is 16.4 Å². The molecule has 1 aliphatic heterocycles. The van der Waals surface area contributed by atoms with Gasteiger partial charge in [0.15, 0.2) is 0 Å². The third-order valence-electron chi connectivity index (χ3n) is 3.59. The van der Waals surface area contributed by atoms with E-state index in [9.17, 15) is 0 Å². The molecule has 7 heteroatoms. The van der Waals surface area contributed by atoms with E-state index in [2.05, 4.69) is 58.5 Å². The Hall–Kier alpha value is 0.968. The van der Waals surface area contributed by atoms with Crippen LogP contribution in [0, 0.1) is 0 Å². The van der Waals surface area contributed by atoms with Crippen molar-refractivity contribution in [2.24, 2.45) is 0 Å². The van der Waals surface area contributed by atoms with E-state index in [1.54, 1.807) is 14.3 Å². The van der Waals surface area contributed by atoms with E-state index in [1.807, 2.05) is 0 Å². The largest absolute Gasteiger partial charge is 1.00 e. The summed E-state index contributed by atoms with van der Waals surface area (Å²) in [4.78, 5) is 0. The van der Waals surface area contributed by atoms with Gasteiger partial charge in [0.2, 0.25) is 0 Å². The Morgan fingerprint density at radius 2 is 1.80 bits per heavy atom. The van der Waals surface area contributed by atoms with Crippen LogP contribution >= 0.6 is 0 Å². The smallest absolute Gasteiger partial charge is 1.00 e. The number of hydrogen-bond acceptors (Lipinski definition) is 2. The predicted octanol–water partition coefficient (Wildman–Crippen LogP) is -2.92. The molecule has 0 aromatic carbocycles. The zero-order valence-corrected chi connectivity index (χ0v) is 18.1. The molecule has 0 aromatic rings. The molecule has 0 spiro atoms. The van der Waals surface area contributed by atoms with Crippen LogP contribution in [0.5, 0.6) is 0 Å². The van der Waals surface area contributed by atoms with Crippen LogP contribution in [0.4, 0.5) is 0 Å². The van der Waals surface area contributed by atoms with Crippen LogP contribution < -0.4 is 30.1 Å². The summed E-state index contributed by atoms with van der Waals surface area (Å²) in [6.07, 6.45) is 2.30. The molecule has 0 unspecified atom stereocenters. The predicted molar refractivity (Wildman–Crippen MR) is 78.1 cm³/mol. The van der Waals surface area contributed by atoms with Crippen LogP contribution in [-0.2, 0) is 24.9 Å². The Kier molecular flexibility index (Phi) is 7.85. The van der Waals surface area contributed by atoms with Crippen molar-refractivity contribution in [2.75, 3.05) is 13.2 Å². The molecule has 0 atom stereocenters. The van der Waals surface area contributed by atoms with Gasteiger partial charge in [0.1, 0.15) is 0 Å². The Bertz CT molecular complexity index is 431. The number of rotatable bonds is 6. The van der Waals surface area contributed by atoms with Crippen LogP contribution in [0.25, 0.3) is 0 Å². The van der Waals surface area contributed by atoms with E-state index in [0.717, 1.165) is 19.6 Å². The van der Waals surface area contributed by atoms with Gasteiger partial charge in [-0.2, -0.15) is 0 Å². The van der Waals surface area contributed by atoms with E-state index >= 15 is 0 Å². The number of hydrogen-bond donors (Lipinski definition) is 1. The van der Waals surface area contributed by atoms with Crippen molar-refractivity contribution < 1.29 is 49.7 Å². The molecule has 1 aliphatic carbocycles. The maximum absolute atomic E-state index is 5.87. The van der Waals surface area contributed by atoms with Crippen molar-refractivity contribution in [3.05, 3.63) is 20.0 Å². The summed E-state index contributed by atoms with van der Waals surface area (Å²) in [6, 6.07) is 0. The monoisotopic (exact) mass is 384 g/mol. The first-order valence-corrected chi connectivity index (χ1v) is 14.0. The molecule has 2 aliphatic rings. The minimum Gasteiger partial charge on any atom is -1.00 e. The quantitative estimate of drug-likeness (QED) is 0.391. The average molecular weight is 385 g/mol. The second-order valence-corrected chi connectivity index (χ2v) is 16.5. The van der Waals surface area contributed by atoms with Gasteiger partial charge in [0.25, 0.3) is 0 Å². The Balaban J connectivity index is 0.00000180. The number of fused-ring (bicyclic) bond motifs is 1. The Morgan fingerprint density at radius 3 is 2.25 bits per heavy atom. The van der Waals surface area contributed by atoms with E-state index in [-0.39, 0.29) is 24.8 Å². The molecule has 0 radical (unpaired) electrons. The molecule has 0 saturated carbocycles. The first kappa shape index (κ1) is 21.0. The zero-order chi connectivity index (χ0) is 13.6. The number of nitrogens with one attached hydrogen (secondary N) is 1. The average Bonchev–Trinajstić information content (AvgIpc) is 2.60. The van der Waals surface area contributed by atoms with Gasteiger partial charge in [0.05, 0.1) is 0 Å². The summed E-state index contributed by atoms with van der Waals surface area (Å²) < 4.78 is 7.50. The van der Waals surface area contributed by atoms with Crippen molar-refractivity contribution in [1.29, 1.82) is 0 Å². The molecule has 0 amide bonds. The summed E-state index contributed by atoms with van der Waals surface area (Å²) in [5.74, 6) is 0. The summed E-state index contributed by atoms with van der Waals surface area (Å²) in [5, 5.41) is 7.13. The van der Waals surface area contributed by atoms with E-state index in [0.29, 0.717) is 0 Å². The molecular weight excluding hydrogens is 361 g/mol. The van der Waals surface area contributed by atoms with Gasteiger partial charge in [0, 0.05) is 0 Å². The normalized spacial score (nSPS) is 19.4. The molecule has 1 fully saturated rings. The molecule has 1 saturated heterocycles. The topological polar surface area (TPSA) is 21.3 Å². The van der Waals surface area contributed by atoms with Crippen LogP contribution in [0.1, 0.15) is 12.8 Å². The van der Waals surface area contributed by atoms with Crippen LogP contribution in [0.3, 0.4) is 0 Å². The molecular formula is C13H24Cl2NOSi2Ti. The van der Waals surface area contributed by atoms with Crippen molar-refractivity contribution in [3.8, 4) is 0 Å². The summed E-state index contributed by atoms with van der Waals surface area (Å²) in [7, 11) is -2.38. The first-order chi connectivity index (χ1) is 8.23. The minimum absolute atomic E-state index is 0. The number of halogens is 2. The van der Waals surface area contributed by atoms with E-state index < -0.39 is 16.4 Å². The van der Waals surface area contributed by atoms with E-state index in [4.69, 9.17) is 4.43 Å². The summed E-state index contributed by atoms with van der Waals surface area (Å²) in [5.41, 5.74) is 1.53. The van der Waals surface area contributed by atoms with Gasteiger partial charge in [-0.15, -0.1) is 0 Å². The third kappa shape index (κ3) is 4.73. The molecule has 2 nitrogen and oxygen atoms in total. The zero-order valence-electron chi connectivity index (χ0n) is 13.0. The molecule has 1 heterocycles. The van der Waals surface area contributed by atoms with Crippen LogP contribution in [-0.4, -0.2) is 29.5 Å². The van der Waals surface area contributed by atoms with Crippen LogP contribution in [0.2, 0.25) is 32.7 Å². The molecule has 113 valence electrons. The SMILES string of the molecule is C[Si](C)(C)OCCCNC1=C2C(=[C]([Ti+2])C1)[Si]2(C)C.[Cl-].[Cl-]. The molecule has 0 aromatic heterocycles. The van der Waals surface area contributed by atoms with Gasteiger partial charge in [-0.05, 0) is 0 Å². The molecule has 20 heavy (non-hydrogen) atoms. The maximum atomic E-state index is 5.87. The molecule has 1 N–H and O–H groups in total. The summed E-state index contributed by atoms with van der Waals surface area (Å²) in [6.45, 7) is 13.7. The van der Waals surface area contributed by atoms with Gasteiger partial charge >= 0.3 is 125 Å². The second-order valence-electron chi connectivity index (χ2n) is 6.75. The second kappa shape index (κ2) is 7.49. The Morgan fingerprint density at radius 1 is 1.20 bits per heavy atom. The van der Waals surface area contributed by atoms with Crippen molar-refractivity contribution in [1.82, 2.24) is 5.32 Å². The van der Waals surface area contributed by atoms with Gasteiger partial charge in [-0.25, -0.2) is 0 Å². The van der Waals surface area contributed by atoms with Gasteiger partial charge < -0.3 is 24.8 Å². The maximum Gasteiger partial charge on any atom is -1.00 e. The molecule has 0 bridgehead atoms. The van der Waals surface area contributed by atoms with Gasteiger partial charge in [-0.1, -0.05) is 0 Å². The fourth-order valence-electron chi connectivity index (χ4n) is 2.72. The standard InChI is InChI=1S/C13H24NOSi2.2ClH.Ti/c1-16(2,3)15-10-6-9-14-11-7-8-12-13(11)17(12,4)5;;;/h14H,6-7,9-10H2,1-5H3;2*1H;/q;;;+2/p-2. The molecule has 2 rings (SSSR count). The third-order valence-corrected chi connectivity index (χ3v) is 9.07. The number of allylic oxidation sites excluding steroid dienone is 3. The summed E-state index contributed by atoms with van der Waals surface area (Å²) >= 11 is 2.31. The Labute approximate surface area is 149 Å².